The van der Waals surface area contributed by atoms with Crippen molar-refractivity contribution in [2.45, 2.75) is 27.2 Å². The average molecular weight is 290 g/mol. The molecule has 2 heterocycles. The Balaban J connectivity index is 2.67. The Kier molecular flexibility index (Phi) is 3.70. The van der Waals surface area contributed by atoms with Gasteiger partial charge in [-0.05, 0) is 32.4 Å². The van der Waals surface area contributed by atoms with Crippen molar-refractivity contribution in [3.63, 3.8) is 0 Å². The highest BCUT2D eigenvalue weighted by atomic mass is 16.6. The summed E-state index contributed by atoms with van der Waals surface area (Å²) in [6, 6.07) is 2.83. The van der Waals surface area contributed by atoms with Crippen LogP contribution in [-0.2, 0) is 6.42 Å². The number of aromatic carboxylic acids is 1. The molecule has 0 aliphatic rings. The maximum atomic E-state index is 11.2. The van der Waals surface area contributed by atoms with Gasteiger partial charge in [0.25, 0.3) is 0 Å². The van der Waals surface area contributed by atoms with Crippen LogP contribution in [0.4, 0.5) is 5.69 Å². The molecule has 0 amide bonds. The average Bonchev–Trinajstić information content (AvgIpc) is 2.73. The molecule has 0 aromatic carbocycles. The lowest BCUT2D eigenvalue weighted by molar-refractivity contribution is -0.386. The van der Waals surface area contributed by atoms with E-state index in [0.29, 0.717) is 17.8 Å². The van der Waals surface area contributed by atoms with Crippen molar-refractivity contribution in [3.8, 4) is 5.82 Å². The Morgan fingerprint density at radius 1 is 1.43 bits per heavy atom. The number of hydrogen-bond donors (Lipinski definition) is 1. The first kappa shape index (κ1) is 14.6. The second kappa shape index (κ2) is 5.31. The highest BCUT2D eigenvalue weighted by Crippen LogP contribution is 2.24. The van der Waals surface area contributed by atoms with Crippen LogP contribution < -0.4 is 0 Å². The number of carboxylic acids is 1. The van der Waals surface area contributed by atoms with Gasteiger partial charge in [-0.1, -0.05) is 6.92 Å². The molecule has 110 valence electrons. The van der Waals surface area contributed by atoms with E-state index in [-0.39, 0.29) is 22.8 Å². The van der Waals surface area contributed by atoms with Gasteiger partial charge >= 0.3 is 11.7 Å². The fourth-order valence-electron chi connectivity index (χ4n) is 2.11. The Morgan fingerprint density at radius 3 is 2.57 bits per heavy atom. The van der Waals surface area contributed by atoms with E-state index in [4.69, 9.17) is 5.11 Å². The van der Waals surface area contributed by atoms with E-state index in [2.05, 4.69) is 10.1 Å². The van der Waals surface area contributed by atoms with Crippen molar-refractivity contribution < 1.29 is 14.8 Å². The van der Waals surface area contributed by atoms with E-state index >= 15 is 0 Å². The van der Waals surface area contributed by atoms with E-state index in [0.717, 1.165) is 0 Å². The molecule has 0 aliphatic carbocycles. The van der Waals surface area contributed by atoms with Crippen molar-refractivity contribution in [2.75, 3.05) is 0 Å². The first-order valence-electron chi connectivity index (χ1n) is 6.30. The van der Waals surface area contributed by atoms with Gasteiger partial charge in [-0.3, -0.25) is 10.1 Å². The zero-order valence-corrected chi connectivity index (χ0v) is 11.8. The van der Waals surface area contributed by atoms with Crippen molar-refractivity contribution >= 4 is 11.7 Å². The molecule has 21 heavy (non-hydrogen) atoms. The second-order valence-electron chi connectivity index (χ2n) is 4.55. The van der Waals surface area contributed by atoms with Crippen LogP contribution in [0.15, 0.2) is 12.1 Å². The van der Waals surface area contributed by atoms with Crippen LogP contribution in [0.5, 0.6) is 0 Å². The predicted molar refractivity (Wildman–Crippen MR) is 73.8 cm³/mol. The van der Waals surface area contributed by atoms with Gasteiger partial charge in [-0.15, -0.1) is 0 Å². The van der Waals surface area contributed by atoms with Crippen LogP contribution >= 0.6 is 0 Å². The van der Waals surface area contributed by atoms with Crippen LogP contribution in [0, 0.1) is 24.0 Å². The summed E-state index contributed by atoms with van der Waals surface area (Å²) in [6.07, 6.45) is 0.551. The molecule has 0 radical (unpaired) electrons. The number of aryl methyl sites for hydroxylation is 2. The zero-order valence-electron chi connectivity index (χ0n) is 11.8. The van der Waals surface area contributed by atoms with Gasteiger partial charge in [0.15, 0.2) is 5.82 Å². The fraction of sp³-hybridized carbons (Fsp3) is 0.308. The van der Waals surface area contributed by atoms with Crippen molar-refractivity contribution in [1.82, 2.24) is 14.8 Å². The summed E-state index contributed by atoms with van der Waals surface area (Å²) in [5.74, 6) is -0.815. The summed E-state index contributed by atoms with van der Waals surface area (Å²) in [4.78, 5) is 26.0. The van der Waals surface area contributed by atoms with E-state index in [1.807, 2.05) is 6.92 Å². The summed E-state index contributed by atoms with van der Waals surface area (Å²) < 4.78 is 1.30. The molecule has 8 nitrogen and oxygen atoms in total. The Labute approximate surface area is 120 Å². The van der Waals surface area contributed by atoms with Gasteiger partial charge in [0.2, 0.25) is 0 Å². The number of aromatic nitrogens is 3. The third-order valence-electron chi connectivity index (χ3n) is 3.13. The number of rotatable bonds is 4. The SMILES string of the molecule is CCc1cc(C(=O)O)cc(-n2nc(C)c([N+](=O)[O-])c2C)n1. The topological polar surface area (TPSA) is 111 Å². The molecular weight excluding hydrogens is 276 g/mol. The highest BCUT2D eigenvalue weighted by molar-refractivity contribution is 5.88. The maximum absolute atomic E-state index is 11.2. The molecule has 0 fully saturated rings. The van der Waals surface area contributed by atoms with Gasteiger partial charge in [-0.2, -0.15) is 5.10 Å². The number of nitro groups is 1. The molecule has 0 aliphatic heterocycles. The molecule has 2 aromatic rings. The third-order valence-corrected chi connectivity index (χ3v) is 3.13. The van der Waals surface area contributed by atoms with Crippen LogP contribution in [0.1, 0.15) is 34.4 Å². The molecule has 0 saturated carbocycles. The first-order chi connectivity index (χ1) is 9.85. The van der Waals surface area contributed by atoms with E-state index < -0.39 is 10.9 Å². The van der Waals surface area contributed by atoms with Crippen LogP contribution in [0.25, 0.3) is 5.82 Å². The molecule has 0 saturated heterocycles. The quantitative estimate of drug-likeness (QED) is 0.681. The summed E-state index contributed by atoms with van der Waals surface area (Å²) in [7, 11) is 0. The third kappa shape index (κ3) is 2.60. The van der Waals surface area contributed by atoms with E-state index in [9.17, 15) is 14.9 Å². The zero-order chi connectivity index (χ0) is 15.7. The molecule has 0 atom stereocenters. The Bertz CT molecular complexity index is 736. The second-order valence-corrected chi connectivity index (χ2v) is 4.55. The normalized spacial score (nSPS) is 10.6. The van der Waals surface area contributed by atoms with Gasteiger partial charge in [-0.25, -0.2) is 14.5 Å². The molecule has 8 heteroatoms. The van der Waals surface area contributed by atoms with Crippen molar-refractivity contribution in [3.05, 3.63) is 44.9 Å². The molecule has 2 aromatic heterocycles. The summed E-state index contributed by atoms with van der Waals surface area (Å²) >= 11 is 0. The maximum Gasteiger partial charge on any atom is 0.335 e. The lowest BCUT2D eigenvalue weighted by Crippen LogP contribution is -2.08. The smallest absolute Gasteiger partial charge is 0.335 e. The van der Waals surface area contributed by atoms with Crippen molar-refractivity contribution in [2.24, 2.45) is 0 Å². The number of carbonyl (C=O) groups is 1. The fourth-order valence-corrected chi connectivity index (χ4v) is 2.11. The first-order valence-corrected chi connectivity index (χ1v) is 6.30. The molecule has 0 bridgehead atoms. The Hall–Kier alpha value is -2.77. The summed E-state index contributed by atoms with van der Waals surface area (Å²) in [6.45, 7) is 4.93. The van der Waals surface area contributed by atoms with E-state index in [1.165, 1.54) is 23.7 Å². The van der Waals surface area contributed by atoms with Crippen molar-refractivity contribution in [1.29, 1.82) is 0 Å². The van der Waals surface area contributed by atoms with Gasteiger partial charge in [0, 0.05) is 5.69 Å². The lowest BCUT2D eigenvalue weighted by Gasteiger charge is -2.06. The highest BCUT2D eigenvalue weighted by Gasteiger charge is 2.23. The molecule has 2 rings (SSSR count). The van der Waals surface area contributed by atoms with E-state index in [1.54, 1.807) is 6.92 Å². The number of carboxylic acid groups (broad SMARTS) is 1. The number of pyridine rings is 1. The van der Waals surface area contributed by atoms with Gasteiger partial charge < -0.3 is 5.11 Å². The largest absolute Gasteiger partial charge is 0.478 e. The van der Waals surface area contributed by atoms with Gasteiger partial charge in [0.05, 0.1) is 10.5 Å². The van der Waals surface area contributed by atoms with Crippen LogP contribution in [0.2, 0.25) is 0 Å². The predicted octanol–water partition coefficient (Wildman–Crippen LogP) is 2.05. The molecule has 1 N–H and O–H groups in total. The minimum atomic E-state index is -1.08. The Morgan fingerprint density at radius 2 is 2.10 bits per heavy atom. The standard InChI is InChI=1S/C13H14N4O4/c1-4-10-5-9(13(18)19)6-11(14-10)16-8(3)12(17(20)21)7(2)15-16/h5-6H,4H2,1-3H3,(H,18,19). The minimum Gasteiger partial charge on any atom is -0.478 e. The number of hydrogen-bond acceptors (Lipinski definition) is 5. The minimum absolute atomic E-state index is 0.0760. The summed E-state index contributed by atoms with van der Waals surface area (Å²) in [5.41, 5.74) is 1.15. The monoisotopic (exact) mass is 290 g/mol. The molecule has 0 unspecified atom stereocenters. The van der Waals surface area contributed by atoms with Crippen LogP contribution in [-0.4, -0.2) is 30.8 Å². The summed E-state index contributed by atoms with van der Waals surface area (Å²) in [5, 5.41) is 24.2. The molecular formula is C13H14N4O4. The lowest BCUT2D eigenvalue weighted by atomic mass is 10.2. The van der Waals surface area contributed by atoms with Crippen LogP contribution in [0.3, 0.4) is 0 Å². The number of nitrogens with zero attached hydrogens (tertiary/aromatic N) is 4. The van der Waals surface area contributed by atoms with Gasteiger partial charge in [0.1, 0.15) is 11.4 Å². The molecule has 0 spiro atoms.